The predicted octanol–water partition coefficient (Wildman–Crippen LogP) is 5.49. The van der Waals surface area contributed by atoms with Crippen molar-refractivity contribution in [2.75, 3.05) is 13.2 Å². The molecule has 0 unspecified atom stereocenters. The first-order valence-corrected chi connectivity index (χ1v) is 10.8. The molecule has 2 heterocycles. The van der Waals surface area contributed by atoms with E-state index in [1.807, 2.05) is 30.3 Å². The molecule has 5 heteroatoms. The Morgan fingerprint density at radius 3 is 2.77 bits per heavy atom. The number of hydrogen-bond donors (Lipinski definition) is 0. The molecule has 0 aliphatic carbocycles. The lowest BCUT2D eigenvalue weighted by Crippen LogP contribution is -2.29. The molecule has 2 aromatic carbocycles. The number of benzene rings is 2. The van der Waals surface area contributed by atoms with Crippen molar-refractivity contribution in [3.63, 3.8) is 0 Å². The Labute approximate surface area is 181 Å². The van der Waals surface area contributed by atoms with E-state index >= 15 is 0 Å². The first kappa shape index (κ1) is 20.1. The highest BCUT2D eigenvalue weighted by Gasteiger charge is 2.24. The molecule has 1 aliphatic heterocycles. The van der Waals surface area contributed by atoms with E-state index in [2.05, 4.69) is 46.8 Å². The van der Waals surface area contributed by atoms with Crippen LogP contribution in [0.25, 0.3) is 0 Å². The summed E-state index contributed by atoms with van der Waals surface area (Å²) in [4.78, 5) is 8.36. The molecule has 0 bridgehead atoms. The van der Waals surface area contributed by atoms with Gasteiger partial charge in [0, 0.05) is 36.3 Å². The highest BCUT2D eigenvalue weighted by Crippen LogP contribution is 2.38. The molecule has 30 heavy (non-hydrogen) atoms. The van der Waals surface area contributed by atoms with E-state index in [4.69, 9.17) is 4.74 Å². The fourth-order valence-corrected chi connectivity index (χ4v) is 4.80. The fourth-order valence-electron chi connectivity index (χ4n) is 3.62. The number of ether oxygens (including phenoxy) is 1. The van der Waals surface area contributed by atoms with Crippen molar-refractivity contribution in [3.05, 3.63) is 94.4 Å². The second-order valence-electron chi connectivity index (χ2n) is 7.14. The second kappa shape index (κ2) is 9.53. The van der Waals surface area contributed by atoms with Crippen LogP contribution in [0, 0.1) is 11.3 Å². The van der Waals surface area contributed by atoms with Crippen molar-refractivity contribution < 1.29 is 4.74 Å². The Balaban J connectivity index is 1.55. The van der Waals surface area contributed by atoms with E-state index in [9.17, 15) is 5.26 Å². The molecule has 0 atom stereocenters. The van der Waals surface area contributed by atoms with Gasteiger partial charge >= 0.3 is 0 Å². The molecule has 1 aliphatic rings. The van der Waals surface area contributed by atoms with Crippen molar-refractivity contribution in [2.24, 2.45) is 4.99 Å². The minimum atomic E-state index is 0.443. The minimum absolute atomic E-state index is 0.443. The van der Waals surface area contributed by atoms with E-state index in [0.29, 0.717) is 6.61 Å². The minimum Gasteiger partial charge on any atom is -0.489 e. The summed E-state index contributed by atoms with van der Waals surface area (Å²) in [7, 11) is 0. The molecule has 0 N–H and O–H groups in total. The molecule has 1 aromatic heterocycles. The van der Waals surface area contributed by atoms with Crippen molar-refractivity contribution in [3.8, 4) is 11.8 Å². The van der Waals surface area contributed by atoms with Crippen LogP contribution in [0.2, 0.25) is 0 Å². The maximum atomic E-state index is 9.77. The van der Waals surface area contributed by atoms with Crippen LogP contribution in [0.3, 0.4) is 0 Å². The number of para-hydroxylation sites is 1. The molecule has 4 nitrogen and oxygen atoms in total. The van der Waals surface area contributed by atoms with E-state index in [1.165, 1.54) is 10.4 Å². The smallest absolute Gasteiger partial charge is 0.134 e. The van der Waals surface area contributed by atoms with Crippen LogP contribution in [0.15, 0.2) is 72.2 Å². The number of nitriles is 1. The van der Waals surface area contributed by atoms with Gasteiger partial charge in [0.2, 0.25) is 0 Å². The summed E-state index contributed by atoms with van der Waals surface area (Å²) in [6, 6.07) is 20.7. The Bertz CT molecular complexity index is 1100. The average molecular weight is 414 g/mol. The highest BCUT2D eigenvalue weighted by molar-refractivity contribution is 7.16. The molecule has 4 rings (SSSR count). The van der Waals surface area contributed by atoms with Crippen LogP contribution in [0.1, 0.15) is 27.1 Å². The second-order valence-corrected chi connectivity index (χ2v) is 8.22. The van der Waals surface area contributed by atoms with Gasteiger partial charge in [0.1, 0.15) is 23.4 Å². The van der Waals surface area contributed by atoms with E-state index in [1.54, 1.807) is 23.6 Å². The van der Waals surface area contributed by atoms with E-state index in [-0.39, 0.29) is 0 Å². The SMILES string of the molecule is C=CCOc1ccccc1C=Nc1sc2c(c1C#N)CCN(Cc1ccccc1)C2. The maximum absolute atomic E-state index is 9.77. The molecule has 3 aromatic rings. The molecular formula is C25H23N3OS. The van der Waals surface area contributed by atoms with Crippen molar-refractivity contribution in [2.45, 2.75) is 19.5 Å². The maximum Gasteiger partial charge on any atom is 0.134 e. The summed E-state index contributed by atoms with van der Waals surface area (Å²) in [5, 5.41) is 10.5. The lowest BCUT2D eigenvalue weighted by molar-refractivity contribution is 0.249. The van der Waals surface area contributed by atoms with Crippen molar-refractivity contribution >= 4 is 22.6 Å². The third-order valence-corrected chi connectivity index (χ3v) is 6.20. The quantitative estimate of drug-likeness (QED) is 0.380. The van der Waals surface area contributed by atoms with Crippen LogP contribution in [-0.2, 0) is 19.5 Å². The van der Waals surface area contributed by atoms with Crippen LogP contribution in [-0.4, -0.2) is 24.3 Å². The van der Waals surface area contributed by atoms with Gasteiger partial charge in [-0.3, -0.25) is 4.90 Å². The first-order valence-electron chi connectivity index (χ1n) is 9.96. The number of thiophene rings is 1. The number of fused-ring (bicyclic) bond motifs is 1. The highest BCUT2D eigenvalue weighted by atomic mass is 32.1. The summed E-state index contributed by atoms with van der Waals surface area (Å²) in [5.41, 5.74) is 4.08. The largest absolute Gasteiger partial charge is 0.489 e. The first-order chi connectivity index (χ1) is 14.8. The number of nitrogens with zero attached hydrogens (tertiary/aromatic N) is 3. The van der Waals surface area contributed by atoms with Gasteiger partial charge in [0.05, 0.1) is 5.56 Å². The van der Waals surface area contributed by atoms with E-state index < -0.39 is 0 Å². The zero-order valence-corrected chi connectivity index (χ0v) is 17.6. The molecule has 150 valence electrons. The Kier molecular flexibility index (Phi) is 6.38. The van der Waals surface area contributed by atoms with Gasteiger partial charge in [0.15, 0.2) is 0 Å². The molecular weight excluding hydrogens is 390 g/mol. The standard InChI is InChI=1S/C25H23N3OS/c1-2-14-29-23-11-7-6-10-20(23)16-27-25-22(15-26)21-12-13-28(18-24(21)30-25)17-19-8-4-3-5-9-19/h2-11,16H,1,12-14,17-18H2. The number of rotatable bonds is 7. The Hall–Kier alpha value is -3.20. The summed E-state index contributed by atoms with van der Waals surface area (Å²) < 4.78 is 5.71. The average Bonchev–Trinajstić information content (AvgIpc) is 3.14. The van der Waals surface area contributed by atoms with Crippen LogP contribution < -0.4 is 4.74 Å². The molecule has 0 saturated carbocycles. The predicted molar refractivity (Wildman–Crippen MR) is 123 cm³/mol. The van der Waals surface area contributed by atoms with Crippen molar-refractivity contribution in [1.29, 1.82) is 5.26 Å². The van der Waals surface area contributed by atoms with Crippen LogP contribution >= 0.6 is 11.3 Å². The lowest BCUT2D eigenvalue weighted by atomic mass is 10.0. The van der Waals surface area contributed by atoms with Gasteiger partial charge < -0.3 is 4.74 Å². The van der Waals surface area contributed by atoms with Gasteiger partial charge in [-0.2, -0.15) is 5.26 Å². The third-order valence-electron chi connectivity index (χ3n) is 5.07. The molecule has 0 fully saturated rings. The Morgan fingerprint density at radius 2 is 1.97 bits per heavy atom. The van der Waals surface area contributed by atoms with Gasteiger partial charge in [-0.1, -0.05) is 55.1 Å². The number of aliphatic imine (C=N–C) groups is 1. The fraction of sp³-hybridized carbons (Fsp3) is 0.200. The molecule has 0 spiro atoms. The lowest BCUT2D eigenvalue weighted by Gasteiger charge is -2.26. The topological polar surface area (TPSA) is 48.6 Å². The molecule has 0 amide bonds. The van der Waals surface area contributed by atoms with Gasteiger partial charge in [-0.05, 0) is 29.7 Å². The summed E-state index contributed by atoms with van der Waals surface area (Å²) in [5.74, 6) is 0.759. The monoisotopic (exact) mass is 413 g/mol. The Morgan fingerprint density at radius 1 is 1.17 bits per heavy atom. The molecule has 0 saturated heterocycles. The van der Waals surface area contributed by atoms with Crippen LogP contribution in [0.5, 0.6) is 5.75 Å². The third kappa shape index (κ3) is 4.51. The summed E-state index contributed by atoms with van der Waals surface area (Å²) in [6.07, 6.45) is 4.39. The zero-order chi connectivity index (χ0) is 20.8. The van der Waals surface area contributed by atoms with Gasteiger partial charge in [0.25, 0.3) is 0 Å². The number of hydrogen-bond acceptors (Lipinski definition) is 5. The van der Waals surface area contributed by atoms with Gasteiger partial charge in [-0.25, -0.2) is 4.99 Å². The molecule has 0 radical (unpaired) electrons. The van der Waals surface area contributed by atoms with Crippen LogP contribution in [0.4, 0.5) is 5.00 Å². The van der Waals surface area contributed by atoms with Crippen molar-refractivity contribution in [1.82, 2.24) is 4.90 Å². The summed E-state index contributed by atoms with van der Waals surface area (Å²) in [6.45, 7) is 6.87. The van der Waals surface area contributed by atoms with E-state index in [0.717, 1.165) is 53.5 Å². The zero-order valence-electron chi connectivity index (χ0n) is 16.8. The van der Waals surface area contributed by atoms with Gasteiger partial charge in [-0.15, -0.1) is 11.3 Å². The normalized spacial score (nSPS) is 13.7. The summed E-state index contributed by atoms with van der Waals surface area (Å²) >= 11 is 1.62.